The first kappa shape index (κ1) is 21.0. The van der Waals surface area contributed by atoms with E-state index in [1.807, 2.05) is 31.2 Å². The minimum atomic E-state index is -0.982. The largest absolute Gasteiger partial charge is 0.487 e. The lowest BCUT2D eigenvalue weighted by Crippen LogP contribution is -2.26. The number of aryl methyl sites for hydroxylation is 2. The van der Waals surface area contributed by atoms with Crippen LogP contribution >= 0.6 is 23.2 Å². The second kappa shape index (κ2) is 9.16. The highest BCUT2D eigenvalue weighted by molar-refractivity contribution is 6.34. The van der Waals surface area contributed by atoms with E-state index in [0.717, 1.165) is 11.1 Å². The van der Waals surface area contributed by atoms with Crippen molar-refractivity contribution >= 4 is 29.2 Å². The lowest BCUT2D eigenvalue weighted by Gasteiger charge is -2.16. The van der Waals surface area contributed by atoms with Crippen molar-refractivity contribution in [2.24, 2.45) is 0 Å². The van der Waals surface area contributed by atoms with Crippen LogP contribution in [0.15, 0.2) is 59.4 Å². The average molecular weight is 432 g/mol. The molecular formula is C22H19Cl2NO4. The van der Waals surface area contributed by atoms with Gasteiger partial charge < -0.3 is 14.4 Å². The summed E-state index contributed by atoms with van der Waals surface area (Å²) in [6.45, 7) is 2.42. The SMILES string of the molecule is Cc1cccc(OCc2c(Cl)cc(Cl)c(=O)n2CCc2ccc(C(=O)O)cc2)c1. The molecule has 7 heteroatoms. The van der Waals surface area contributed by atoms with Gasteiger partial charge in [-0.05, 0) is 54.8 Å². The van der Waals surface area contributed by atoms with Gasteiger partial charge in [-0.2, -0.15) is 0 Å². The molecule has 0 saturated heterocycles. The third-order valence-electron chi connectivity index (χ3n) is 4.49. The number of carboxylic acids is 1. The molecule has 0 spiro atoms. The molecule has 0 aliphatic rings. The molecule has 0 unspecified atom stereocenters. The van der Waals surface area contributed by atoms with Gasteiger partial charge in [0.15, 0.2) is 0 Å². The van der Waals surface area contributed by atoms with E-state index in [0.29, 0.717) is 29.4 Å². The minimum Gasteiger partial charge on any atom is -0.487 e. The van der Waals surface area contributed by atoms with Crippen molar-refractivity contribution in [1.29, 1.82) is 0 Å². The highest BCUT2D eigenvalue weighted by Crippen LogP contribution is 2.21. The molecule has 0 bridgehead atoms. The number of carbonyl (C=O) groups is 1. The zero-order valence-corrected chi connectivity index (χ0v) is 17.2. The number of rotatable bonds is 7. The number of nitrogens with zero attached hydrogens (tertiary/aromatic N) is 1. The Labute approximate surface area is 178 Å². The minimum absolute atomic E-state index is 0.0375. The summed E-state index contributed by atoms with van der Waals surface area (Å²) in [5, 5.41) is 9.39. The molecule has 0 aliphatic heterocycles. The molecule has 3 rings (SSSR count). The second-order valence-corrected chi connectivity index (χ2v) is 7.42. The number of halogens is 2. The van der Waals surface area contributed by atoms with Crippen LogP contribution in [0.1, 0.15) is 27.2 Å². The Morgan fingerprint density at radius 2 is 1.79 bits per heavy atom. The highest BCUT2D eigenvalue weighted by atomic mass is 35.5. The number of carboxylic acid groups (broad SMARTS) is 1. The van der Waals surface area contributed by atoms with Crippen molar-refractivity contribution < 1.29 is 14.6 Å². The van der Waals surface area contributed by atoms with Crippen LogP contribution in [-0.4, -0.2) is 15.6 Å². The zero-order chi connectivity index (χ0) is 21.0. The van der Waals surface area contributed by atoms with Crippen LogP contribution in [0.3, 0.4) is 0 Å². The van der Waals surface area contributed by atoms with Crippen LogP contribution in [0.5, 0.6) is 5.75 Å². The predicted octanol–water partition coefficient (Wildman–Crippen LogP) is 4.98. The van der Waals surface area contributed by atoms with Crippen LogP contribution in [0.4, 0.5) is 0 Å². The van der Waals surface area contributed by atoms with E-state index in [1.54, 1.807) is 12.1 Å². The molecule has 2 aromatic carbocycles. The molecule has 0 radical (unpaired) electrons. The molecule has 5 nitrogen and oxygen atoms in total. The Bertz CT molecular complexity index is 1090. The number of aromatic carboxylic acids is 1. The van der Waals surface area contributed by atoms with E-state index in [4.69, 9.17) is 33.0 Å². The maximum Gasteiger partial charge on any atom is 0.335 e. The molecule has 1 aromatic heterocycles. The Morgan fingerprint density at radius 1 is 1.07 bits per heavy atom. The van der Waals surface area contributed by atoms with Crippen molar-refractivity contribution in [2.75, 3.05) is 0 Å². The van der Waals surface area contributed by atoms with Crippen LogP contribution in [0.25, 0.3) is 0 Å². The first-order valence-electron chi connectivity index (χ1n) is 8.94. The normalized spacial score (nSPS) is 10.7. The van der Waals surface area contributed by atoms with Gasteiger partial charge in [0.1, 0.15) is 17.4 Å². The van der Waals surface area contributed by atoms with Crippen molar-refractivity contribution in [1.82, 2.24) is 4.57 Å². The molecule has 29 heavy (non-hydrogen) atoms. The summed E-state index contributed by atoms with van der Waals surface area (Å²) in [4.78, 5) is 23.6. The van der Waals surface area contributed by atoms with E-state index < -0.39 is 5.97 Å². The Hall–Kier alpha value is -2.76. The van der Waals surface area contributed by atoms with Gasteiger partial charge in [-0.1, -0.05) is 47.5 Å². The molecule has 0 aliphatic carbocycles. The summed E-state index contributed by atoms with van der Waals surface area (Å²) in [5.41, 5.74) is 2.35. The fraction of sp³-hybridized carbons (Fsp3) is 0.182. The fourth-order valence-electron chi connectivity index (χ4n) is 2.93. The molecule has 1 heterocycles. The molecule has 0 saturated carbocycles. The summed E-state index contributed by atoms with van der Waals surface area (Å²) in [6, 6.07) is 15.5. The summed E-state index contributed by atoms with van der Waals surface area (Å²) < 4.78 is 7.34. The van der Waals surface area contributed by atoms with E-state index in [9.17, 15) is 9.59 Å². The summed E-state index contributed by atoms with van der Waals surface area (Å²) in [5.74, 6) is -0.302. The quantitative estimate of drug-likeness (QED) is 0.572. The fourth-order valence-corrected chi connectivity index (χ4v) is 3.46. The van der Waals surface area contributed by atoms with Gasteiger partial charge in [0.05, 0.1) is 16.3 Å². The predicted molar refractivity (Wildman–Crippen MR) is 113 cm³/mol. The van der Waals surface area contributed by atoms with Crippen LogP contribution < -0.4 is 10.3 Å². The molecule has 0 atom stereocenters. The van der Waals surface area contributed by atoms with Crippen LogP contribution in [0, 0.1) is 6.92 Å². The smallest absolute Gasteiger partial charge is 0.335 e. The number of ether oxygens (including phenoxy) is 1. The monoisotopic (exact) mass is 431 g/mol. The van der Waals surface area contributed by atoms with Gasteiger partial charge in [-0.15, -0.1) is 0 Å². The van der Waals surface area contributed by atoms with Crippen LogP contribution in [0.2, 0.25) is 10.0 Å². The van der Waals surface area contributed by atoms with Gasteiger partial charge in [0.25, 0.3) is 5.56 Å². The van der Waals surface area contributed by atoms with Gasteiger partial charge in [-0.25, -0.2) is 4.79 Å². The third kappa shape index (κ3) is 5.19. The molecular weight excluding hydrogens is 413 g/mol. The van der Waals surface area contributed by atoms with E-state index >= 15 is 0 Å². The number of hydrogen-bond acceptors (Lipinski definition) is 3. The Balaban J connectivity index is 1.82. The zero-order valence-electron chi connectivity index (χ0n) is 15.7. The number of pyridine rings is 1. The number of hydrogen-bond donors (Lipinski definition) is 1. The van der Waals surface area contributed by atoms with Crippen molar-refractivity contribution in [2.45, 2.75) is 26.5 Å². The van der Waals surface area contributed by atoms with Gasteiger partial charge in [-0.3, -0.25) is 4.79 Å². The lowest BCUT2D eigenvalue weighted by molar-refractivity contribution is 0.0697. The van der Waals surface area contributed by atoms with Gasteiger partial charge in [0.2, 0.25) is 0 Å². The topological polar surface area (TPSA) is 68.5 Å². The first-order valence-corrected chi connectivity index (χ1v) is 9.70. The van der Waals surface area contributed by atoms with Crippen molar-refractivity contribution in [3.05, 3.63) is 97.4 Å². The van der Waals surface area contributed by atoms with Crippen LogP contribution in [-0.2, 0) is 19.6 Å². The van der Waals surface area contributed by atoms with E-state index in [1.165, 1.54) is 22.8 Å². The Morgan fingerprint density at radius 3 is 2.45 bits per heavy atom. The maximum atomic E-state index is 12.6. The lowest BCUT2D eigenvalue weighted by atomic mass is 10.1. The van der Waals surface area contributed by atoms with Gasteiger partial charge >= 0.3 is 5.97 Å². The average Bonchev–Trinajstić information content (AvgIpc) is 2.69. The summed E-state index contributed by atoms with van der Waals surface area (Å²) in [7, 11) is 0. The van der Waals surface area contributed by atoms with Crippen molar-refractivity contribution in [3.63, 3.8) is 0 Å². The molecule has 1 N–H and O–H groups in total. The highest BCUT2D eigenvalue weighted by Gasteiger charge is 2.14. The molecule has 150 valence electrons. The summed E-state index contributed by atoms with van der Waals surface area (Å²) in [6.07, 6.45) is 0.508. The summed E-state index contributed by atoms with van der Waals surface area (Å²) >= 11 is 12.4. The van der Waals surface area contributed by atoms with Crippen molar-refractivity contribution in [3.8, 4) is 5.75 Å². The number of aromatic nitrogens is 1. The van der Waals surface area contributed by atoms with E-state index in [2.05, 4.69) is 0 Å². The molecule has 0 amide bonds. The van der Waals surface area contributed by atoms with Gasteiger partial charge in [0, 0.05) is 6.54 Å². The maximum absolute atomic E-state index is 12.6. The standard InChI is InChI=1S/C22H19Cl2NO4/c1-14-3-2-4-17(11-14)29-13-20-18(23)12-19(24)21(26)25(20)10-9-15-5-7-16(8-6-15)22(27)28/h2-8,11-12H,9-10,13H2,1H3,(H,27,28). The third-order valence-corrected chi connectivity index (χ3v) is 5.09. The first-order chi connectivity index (χ1) is 13.8. The number of benzene rings is 2. The second-order valence-electron chi connectivity index (χ2n) is 6.60. The Kier molecular flexibility index (Phi) is 6.62. The molecule has 3 aromatic rings. The molecule has 0 fully saturated rings. The van der Waals surface area contributed by atoms with E-state index in [-0.39, 0.29) is 22.8 Å².